The summed E-state index contributed by atoms with van der Waals surface area (Å²) in [5, 5.41) is 29.0. The first-order chi connectivity index (χ1) is 12.6. The van der Waals surface area contributed by atoms with Crippen molar-refractivity contribution in [2.24, 2.45) is 0 Å². The molecule has 3 N–H and O–H groups in total. The van der Waals surface area contributed by atoms with Crippen molar-refractivity contribution >= 4 is 0 Å². The van der Waals surface area contributed by atoms with Crippen molar-refractivity contribution in [2.45, 2.75) is 77.6 Å². The summed E-state index contributed by atoms with van der Waals surface area (Å²) in [6, 6.07) is 6.03. The maximum absolute atomic E-state index is 10.1. The van der Waals surface area contributed by atoms with Crippen molar-refractivity contribution < 1.29 is 19.7 Å². The van der Waals surface area contributed by atoms with Crippen molar-refractivity contribution in [3.05, 3.63) is 30.0 Å². The van der Waals surface area contributed by atoms with Crippen LogP contribution in [0.2, 0.25) is 0 Å². The van der Waals surface area contributed by atoms with Gasteiger partial charge < -0.3 is 19.7 Å². The van der Waals surface area contributed by atoms with Crippen molar-refractivity contribution in [3.63, 3.8) is 0 Å². The molecule has 0 radical (unpaired) electrons. The summed E-state index contributed by atoms with van der Waals surface area (Å²) in [7, 11) is 0. The van der Waals surface area contributed by atoms with Crippen LogP contribution in [0.25, 0.3) is 11.3 Å². The molecule has 0 aliphatic carbocycles. The maximum atomic E-state index is 10.1. The number of aromatic hydroxyl groups is 3. The van der Waals surface area contributed by atoms with Crippen molar-refractivity contribution in [1.82, 2.24) is 0 Å². The number of benzene rings is 1. The second-order valence-electron chi connectivity index (χ2n) is 7.06. The summed E-state index contributed by atoms with van der Waals surface area (Å²) in [6.45, 7) is 2.25. The first-order valence-electron chi connectivity index (χ1n) is 9.96. The molecule has 144 valence electrons. The fourth-order valence-electron chi connectivity index (χ4n) is 3.21. The number of furan rings is 1. The van der Waals surface area contributed by atoms with E-state index >= 15 is 0 Å². The molecule has 0 saturated carbocycles. The molecule has 0 fully saturated rings. The summed E-state index contributed by atoms with van der Waals surface area (Å²) in [5.41, 5.74) is 0.548. The average molecular weight is 360 g/mol. The Kier molecular flexibility index (Phi) is 8.39. The van der Waals surface area contributed by atoms with Gasteiger partial charge in [0.15, 0.2) is 23.0 Å². The molecule has 4 heteroatoms. The molecule has 26 heavy (non-hydrogen) atoms. The number of hydrogen-bond acceptors (Lipinski definition) is 4. The third-order valence-electron chi connectivity index (χ3n) is 4.78. The highest BCUT2D eigenvalue weighted by Crippen LogP contribution is 2.37. The van der Waals surface area contributed by atoms with E-state index < -0.39 is 0 Å². The van der Waals surface area contributed by atoms with Gasteiger partial charge in [-0.15, -0.1) is 0 Å². The number of unbranched alkanes of at least 4 members (excludes halogenated alkanes) is 9. The van der Waals surface area contributed by atoms with Gasteiger partial charge in [-0.25, -0.2) is 0 Å². The van der Waals surface area contributed by atoms with Crippen LogP contribution < -0.4 is 0 Å². The van der Waals surface area contributed by atoms with Crippen LogP contribution in [0.5, 0.6) is 17.2 Å². The molecule has 0 saturated heterocycles. The zero-order chi connectivity index (χ0) is 18.8. The molecule has 2 aromatic rings. The average Bonchev–Trinajstić information content (AvgIpc) is 2.99. The van der Waals surface area contributed by atoms with E-state index in [9.17, 15) is 15.3 Å². The van der Waals surface area contributed by atoms with E-state index in [0.717, 1.165) is 18.6 Å². The standard InChI is InChI=1S/C22H32O4/c1-2-3-4-5-6-7-8-9-10-11-12-18-16-21(25)22(26-18)17-13-14-19(23)20(24)15-17/h13-16,23-25H,2-12H2,1H3. The molecule has 4 nitrogen and oxygen atoms in total. The van der Waals surface area contributed by atoms with E-state index in [1.807, 2.05) is 0 Å². The van der Waals surface area contributed by atoms with Crippen LogP contribution in [0, 0.1) is 0 Å². The van der Waals surface area contributed by atoms with Gasteiger partial charge in [-0.3, -0.25) is 0 Å². The Morgan fingerprint density at radius 2 is 1.31 bits per heavy atom. The summed E-state index contributed by atoms with van der Waals surface area (Å²) >= 11 is 0. The van der Waals surface area contributed by atoms with E-state index in [-0.39, 0.29) is 17.2 Å². The highest BCUT2D eigenvalue weighted by atomic mass is 16.4. The molecule has 1 heterocycles. The number of rotatable bonds is 12. The van der Waals surface area contributed by atoms with E-state index in [2.05, 4.69) is 6.92 Å². The molecule has 0 atom stereocenters. The van der Waals surface area contributed by atoms with Gasteiger partial charge in [-0.2, -0.15) is 0 Å². The molecule has 0 unspecified atom stereocenters. The molecule has 0 aliphatic heterocycles. The van der Waals surface area contributed by atoms with Crippen molar-refractivity contribution in [2.75, 3.05) is 0 Å². The summed E-state index contributed by atoms with van der Waals surface area (Å²) in [6.07, 6.45) is 13.7. The van der Waals surface area contributed by atoms with Gasteiger partial charge in [-0.1, -0.05) is 64.7 Å². The molecule has 0 bridgehead atoms. The predicted octanol–water partition coefficient (Wildman–Crippen LogP) is 6.53. The molecule has 0 amide bonds. The second kappa shape index (κ2) is 10.8. The quantitative estimate of drug-likeness (QED) is 0.297. The highest BCUT2D eigenvalue weighted by molar-refractivity contribution is 5.67. The monoisotopic (exact) mass is 360 g/mol. The zero-order valence-electron chi connectivity index (χ0n) is 15.8. The third kappa shape index (κ3) is 6.32. The van der Waals surface area contributed by atoms with Crippen LogP contribution in [0.1, 0.15) is 76.9 Å². The lowest BCUT2D eigenvalue weighted by Crippen LogP contribution is -1.84. The lowest BCUT2D eigenvalue weighted by Gasteiger charge is -2.02. The molecular formula is C22H32O4. The van der Waals surface area contributed by atoms with Gasteiger partial charge in [0.2, 0.25) is 0 Å². The lowest BCUT2D eigenvalue weighted by atomic mass is 10.1. The Bertz CT molecular complexity index is 660. The lowest BCUT2D eigenvalue weighted by molar-refractivity contribution is 0.403. The fourth-order valence-corrected chi connectivity index (χ4v) is 3.21. The van der Waals surface area contributed by atoms with Crippen molar-refractivity contribution in [1.29, 1.82) is 0 Å². The smallest absolute Gasteiger partial charge is 0.176 e. The number of phenolic OH excluding ortho intramolecular Hbond substituents is 2. The van der Waals surface area contributed by atoms with Crippen LogP contribution in [0.3, 0.4) is 0 Å². The topological polar surface area (TPSA) is 73.8 Å². The van der Waals surface area contributed by atoms with Crippen molar-refractivity contribution in [3.8, 4) is 28.6 Å². The van der Waals surface area contributed by atoms with Crippen LogP contribution in [-0.4, -0.2) is 15.3 Å². The molecular weight excluding hydrogens is 328 g/mol. The minimum atomic E-state index is -0.227. The van der Waals surface area contributed by atoms with Gasteiger partial charge in [0, 0.05) is 18.1 Å². The first kappa shape index (κ1) is 20.2. The van der Waals surface area contributed by atoms with Gasteiger partial charge in [0.05, 0.1) is 0 Å². The molecule has 2 rings (SSSR count). The highest BCUT2D eigenvalue weighted by Gasteiger charge is 2.14. The third-order valence-corrected chi connectivity index (χ3v) is 4.78. The number of aryl methyl sites for hydroxylation is 1. The summed E-state index contributed by atoms with van der Waals surface area (Å²) < 4.78 is 5.74. The van der Waals surface area contributed by atoms with E-state index in [1.54, 1.807) is 12.1 Å². The maximum Gasteiger partial charge on any atom is 0.176 e. The summed E-state index contributed by atoms with van der Waals surface area (Å²) in [5.74, 6) is 0.740. The largest absolute Gasteiger partial charge is 0.504 e. The molecule has 0 spiro atoms. The minimum Gasteiger partial charge on any atom is -0.504 e. The van der Waals surface area contributed by atoms with Gasteiger partial charge in [0.25, 0.3) is 0 Å². The van der Waals surface area contributed by atoms with E-state index in [4.69, 9.17) is 4.42 Å². The van der Waals surface area contributed by atoms with Crippen LogP contribution >= 0.6 is 0 Å². The SMILES string of the molecule is CCCCCCCCCCCCc1cc(O)c(-c2ccc(O)c(O)c2)o1. The van der Waals surface area contributed by atoms with Crippen LogP contribution in [0.15, 0.2) is 28.7 Å². The minimum absolute atomic E-state index is 0.0668. The molecule has 0 aliphatic rings. The Morgan fingerprint density at radius 1 is 0.692 bits per heavy atom. The van der Waals surface area contributed by atoms with E-state index in [0.29, 0.717) is 11.3 Å². The Balaban J connectivity index is 1.68. The number of phenols is 2. The van der Waals surface area contributed by atoms with Gasteiger partial charge in [-0.05, 0) is 24.6 Å². The fraction of sp³-hybridized carbons (Fsp3) is 0.545. The van der Waals surface area contributed by atoms with Crippen LogP contribution in [-0.2, 0) is 6.42 Å². The first-order valence-corrected chi connectivity index (χ1v) is 9.96. The molecule has 1 aromatic heterocycles. The Morgan fingerprint density at radius 3 is 1.92 bits per heavy atom. The van der Waals surface area contributed by atoms with Gasteiger partial charge in [0.1, 0.15) is 5.76 Å². The van der Waals surface area contributed by atoms with E-state index in [1.165, 1.54) is 69.9 Å². The second-order valence-corrected chi connectivity index (χ2v) is 7.06. The molecule has 1 aromatic carbocycles. The van der Waals surface area contributed by atoms with Crippen LogP contribution in [0.4, 0.5) is 0 Å². The normalized spacial score (nSPS) is 11.1. The Labute approximate surface area is 156 Å². The van der Waals surface area contributed by atoms with Gasteiger partial charge >= 0.3 is 0 Å². The summed E-state index contributed by atoms with van der Waals surface area (Å²) in [4.78, 5) is 0. The Hall–Kier alpha value is -2.10. The number of hydrogen-bond donors (Lipinski definition) is 3. The predicted molar refractivity (Wildman–Crippen MR) is 105 cm³/mol. The zero-order valence-corrected chi connectivity index (χ0v) is 15.8.